The van der Waals surface area contributed by atoms with Gasteiger partial charge < -0.3 is 10.1 Å². The second kappa shape index (κ2) is 3.46. The van der Waals surface area contributed by atoms with Crippen LogP contribution in [0.15, 0.2) is 17.5 Å². The summed E-state index contributed by atoms with van der Waals surface area (Å²) in [7, 11) is 0. The first-order valence-electron chi connectivity index (χ1n) is 4.51. The molecule has 3 nitrogen and oxygen atoms in total. The number of hydrogen-bond acceptors (Lipinski definition) is 3. The Labute approximate surface area is 86.4 Å². The highest BCUT2D eigenvalue weighted by Crippen LogP contribution is 2.29. The van der Waals surface area contributed by atoms with E-state index in [1.165, 1.54) is 0 Å². The number of imidazole rings is 1. The molecule has 0 atom stereocenters. The van der Waals surface area contributed by atoms with Crippen molar-refractivity contribution in [2.75, 3.05) is 0 Å². The van der Waals surface area contributed by atoms with Crippen molar-refractivity contribution in [3.63, 3.8) is 0 Å². The van der Waals surface area contributed by atoms with Crippen LogP contribution in [0.5, 0.6) is 5.88 Å². The van der Waals surface area contributed by atoms with Crippen LogP contribution in [-0.4, -0.2) is 15.1 Å². The van der Waals surface area contributed by atoms with Crippen molar-refractivity contribution in [2.45, 2.75) is 19.8 Å². The number of aromatic amines is 1. The Balaban J connectivity index is 2.43. The molecule has 2 heterocycles. The zero-order chi connectivity index (χ0) is 10.1. The minimum Gasteiger partial charge on any atom is -0.492 e. The number of H-pyrrole nitrogens is 1. The summed E-state index contributed by atoms with van der Waals surface area (Å²) in [6.45, 7) is 4.04. The second-order valence-corrected chi connectivity index (χ2v) is 4.40. The monoisotopic (exact) mass is 208 g/mol. The largest absolute Gasteiger partial charge is 0.492 e. The van der Waals surface area contributed by atoms with E-state index in [-0.39, 0.29) is 11.8 Å². The van der Waals surface area contributed by atoms with Crippen molar-refractivity contribution in [1.82, 2.24) is 9.97 Å². The molecule has 0 fully saturated rings. The zero-order valence-corrected chi connectivity index (χ0v) is 8.93. The predicted octanol–water partition coefficient (Wildman–Crippen LogP) is 2.97. The van der Waals surface area contributed by atoms with Gasteiger partial charge >= 0.3 is 0 Å². The van der Waals surface area contributed by atoms with Crippen LogP contribution in [0.25, 0.3) is 10.7 Å². The van der Waals surface area contributed by atoms with Crippen LogP contribution >= 0.6 is 11.3 Å². The van der Waals surface area contributed by atoms with Gasteiger partial charge in [-0.05, 0) is 17.4 Å². The van der Waals surface area contributed by atoms with Crippen LogP contribution in [0.4, 0.5) is 0 Å². The quantitative estimate of drug-likeness (QED) is 0.797. The minimum absolute atomic E-state index is 0.114. The van der Waals surface area contributed by atoms with E-state index in [0.717, 1.165) is 16.4 Å². The van der Waals surface area contributed by atoms with Gasteiger partial charge in [-0.3, -0.25) is 0 Å². The molecule has 14 heavy (non-hydrogen) atoms. The van der Waals surface area contributed by atoms with Crippen LogP contribution < -0.4 is 0 Å². The van der Waals surface area contributed by atoms with Gasteiger partial charge in [0.25, 0.3) is 0 Å². The first-order valence-corrected chi connectivity index (χ1v) is 5.39. The predicted molar refractivity (Wildman–Crippen MR) is 57.7 cm³/mol. The Bertz CT molecular complexity index is 417. The standard InChI is InChI=1S/C10H12N2OS/c1-6(2)8-10(13)12-9(11-8)7-4-3-5-14-7/h3-6,13H,1-2H3,(H,11,12). The van der Waals surface area contributed by atoms with Gasteiger partial charge in [-0.1, -0.05) is 19.9 Å². The fraction of sp³-hybridized carbons (Fsp3) is 0.300. The molecule has 0 radical (unpaired) electrons. The number of hydrogen-bond donors (Lipinski definition) is 2. The number of thiophene rings is 1. The molecule has 0 unspecified atom stereocenters. The molecule has 0 amide bonds. The summed E-state index contributed by atoms with van der Waals surface area (Å²) in [5.74, 6) is 1.13. The highest BCUT2D eigenvalue weighted by atomic mass is 32.1. The number of aromatic hydroxyl groups is 1. The smallest absolute Gasteiger partial charge is 0.233 e. The Morgan fingerprint density at radius 3 is 2.79 bits per heavy atom. The molecule has 2 rings (SSSR count). The summed E-state index contributed by atoms with van der Waals surface area (Å²) >= 11 is 1.60. The fourth-order valence-electron chi connectivity index (χ4n) is 1.31. The lowest BCUT2D eigenvalue weighted by Gasteiger charge is -1.99. The van der Waals surface area contributed by atoms with E-state index in [2.05, 4.69) is 9.97 Å². The van der Waals surface area contributed by atoms with Crippen LogP contribution in [0, 0.1) is 0 Å². The molecular weight excluding hydrogens is 196 g/mol. The average Bonchev–Trinajstić information content (AvgIpc) is 2.70. The summed E-state index contributed by atoms with van der Waals surface area (Å²) in [4.78, 5) is 8.27. The summed E-state index contributed by atoms with van der Waals surface area (Å²) < 4.78 is 0. The third-order valence-electron chi connectivity index (χ3n) is 2.04. The Morgan fingerprint density at radius 2 is 2.29 bits per heavy atom. The topological polar surface area (TPSA) is 48.9 Å². The zero-order valence-electron chi connectivity index (χ0n) is 8.11. The maximum absolute atomic E-state index is 9.56. The van der Waals surface area contributed by atoms with Crippen molar-refractivity contribution >= 4 is 11.3 Å². The molecule has 0 aliphatic rings. The lowest BCUT2D eigenvalue weighted by atomic mass is 10.1. The molecular formula is C10H12N2OS. The first kappa shape index (κ1) is 9.27. The van der Waals surface area contributed by atoms with E-state index in [0.29, 0.717) is 0 Å². The van der Waals surface area contributed by atoms with Crippen molar-refractivity contribution in [3.05, 3.63) is 23.2 Å². The molecule has 0 spiro atoms. The van der Waals surface area contributed by atoms with Gasteiger partial charge in [-0.2, -0.15) is 4.98 Å². The molecule has 2 N–H and O–H groups in total. The third-order valence-corrected chi connectivity index (χ3v) is 2.92. The molecule has 0 saturated carbocycles. The van der Waals surface area contributed by atoms with Gasteiger partial charge in [0.1, 0.15) is 0 Å². The normalized spacial score (nSPS) is 11.1. The lowest BCUT2D eigenvalue weighted by molar-refractivity contribution is 0.446. The number of rotatable bonds is 2. The molecule has 2 aromatic heterocycles. The van der Waals surface area contributed by atoms with E-state index in [9.17, 15) is 5.11 Å². The highest BCUT2D eigenvalue weighted by molar-refractivity contribution is 7.13. The van der Waals surface area contributed by atoms with Gasteiger partial charge in [0.05, 0.1) is 10.6 Å². The highest BCUT2D eigenvalue weighted by Gasteiger charge is 2.13. The van der Waals surface area contributed by atoms with Crippen molar-refractivity contribution < 1.29 is 5.11 Å². The molecule has 0 aromatic carbocycles. The molecule has 0 aliphatic heterocycles. The van der Waals surface area contributed by atoms with E-state index in [1.807, 2.05) is 31.4 Å². The minimum atomic E-state index is 0.114. The molecule has 4 heteroatoms. The molecule has 0 saturated heterocycles. The summed E-state index contributed by atoms with van der Waals surface area (Å²) in [6.07, 6.45) is 0. The second-order valence-electron chi connectivity index (χ2n) is 3.45. The maximum atomic E-state index is 9.56. The van der Waals surface area contributed by atoms with Crippen LogP contribution in [0.1, 0.15) is 25.5 Å². The fourth-order valence-corrected chi connectivity index (χ4v) is 1.98. The third kappa shape index (κ3) is 1.53. The molecule has 2 aromatic rings. The maximum Gasteiger partial charge on any atom is 0.233 e. The Kier molecular flexibility index (Phi) is 2.29. The van der Waals surface area contributed by atoms with Crippen molar-refractivity contribution in [2.24, 2.45) is 0 Å². The molecule has 0 bridgehead atoms. The van der Waals surface area contributed by atoms with Gasteiger partial charge in [-0.25, -0.2) is 0 Å². The van der Waals surface area contributed by atoms with E-state index in [1.54, 1.807) is 11.3 Å². The molecule has 74 valence electrons. The summed E-state index contributed by atoms with van der Waals surface area (Å²) in [6, 6.07) is 3.95. The lowest BCUT2D eigenvalue weighted by Crippen LogP contribution is -1.86. The first-order chi connectivity index (χ1) is 6.68. The summed E-state index contributed by atoms with van der Waals surface area (Å²) in [5, 5.41) is 11.6. The van der Waals surface area contributed by atoms with Gasteiger partial charge in [0.15, 0.2) is 5.82 Å². The van der Waals surface area contributed by atoms with Crippen LogP contribution in [-0.2, 0) is 0 Å². The number of aromatic nitrogens is 2. The van der Waals surface area contributed by atoms with Gasteiger partial charge in [0.2, 0.25) is 5.88 Å². The van der Waals surface area contributed by atoms with Gasteiger partial charge in [-0.15, -0.1) is 11.3 Å². The number of nitrogens with one attached hydrogen (secondary N) is 1. The Hall–Kier alpha value is -1.29. The van der Waals surface area contributed by atoms with Crippen molar-refractivity contribution in [3.8, 4) is 16.6 Å². The van der Waals surface area contributed by atoms with Crippen molar-refractivity contribution in [1.29, 1.82) is 0 Å². The summed E-state index contributed by atoms with van der Waals surface area (Å²) in [5.41, 5.74) is 0.799. The van der Waals surface area contributed by atoms with E-state index in [4.69, 9.17) is 0 Å². The van der Waals surface area contributed by atoms with E-state index < -0.39 is 0 Å². The van der Waals surface area contributed by atoms with Crippen LogP contribution in [0.2, 0.25) is 0 Å². The van der Waals surface area contributed by atoms with Crippen LogP contribution in [0.3, 0.4) is 0 Å². The Morgan fingerprint density at radius 1 is 1.50 bits per heavy atom. The van der Waals surface area contributed by atoms with Gasteiger partial charge in [0, 0.05) is 0 Å². The number of nitrogens with zero attached hydrogens (tertiary/aromatic N) is 1. The SMILES string of the molecule is CC(C)c1[nH]c(-c2cccs2)nc1O. The van der Waals surface area contributed by atoms with E-state index >= 15 is 0 Å². The average molecular weight is 208 g/mol. The molecule has 0 aliphatic carbocycles.